The van der Waals surface area contributed by atoms with Crippen LogP contribution in [-0.4, -0.2) is 35.1 Å². The topological polar surface area (TPSA) is 93.2 Å². The van der Waals surface area contributed by atoms with E-state index in [-0.39, 0.29) is 12.5 Å². The first-order valence-corrected chi connectivity index (χ1v) is 7.07. The van der Waals surface area contributed by atoms with E-state index in [1.165, 1.54) is 6.33 Å². The molecule has 0 aliphatic carbocycles. The monoisotopic (exact) mass is 342 g/mol. The van der Waals surface area contributed by atoms with E-state index >= 15 is 0 Å². The van der Waals surface area contributed by atoms with Crippen LogP contribution in [0.25, 0.3) is 10.9 Å². The van der Waals surface area contributed by atoms with Crippen molar-refractivity contribution >= 4 is 46.0 Å². The third-order valence-electron chi connectivity index (χ3n) is 2.55. The number of ether oxygens (including phenoxy) is 1. The van der Waals surface area contributed by atoms with E-state index in [0.29, 0.717) is 27.5 Å². The van der Waals surface area contributed by atoms with Gasteiger partial charge >= 0.3 is 6.03 Å². The molecular formula is C13H12Cl2N4O3. The summed E-state index contributed by atoms with van der Waals surface area (Å²) >= 11 is 12.0. The minimum absolute atomic E-state index is 0.153. The number of aromatic nitrogens is 2. The molecule has 0 spiro atoms. The predicted molar refractivity (Wildman–Crippen MR) is 82.3 cm³/mol. The van der Waals surface area contributed by atoms with Crippen molar-refractivity contribution in [1.82, 2.24) is 20.6 Å². The second-order valence-electron chi connectivity index (χ2n) is 4.16. The number of carbonyl (C=O) groups excluding carboxylic acids is 2. The molecule has 22 heavy (non-hydrogen) atoms. The second kappa shape index (κ2) is 7.24. The van der Waals surface area contributed by atoms with E-state index in [4.69, 9.17) is 27.9 Å². The molecule has 2 N–H and O–H groups in total. The van der Waals surface area contributed by atoms with Crippen molar-refractivity contribution in [2.75, 3.05) is 13.2 Å². The lowest BCUT2D eigenvalue weighted by Gasteiger charge is -2.09. The third kappa shape index (κ3) is 3.96. The number of nitrogens with zero attached hydrogens (tertiary/aromatic N) is 2. The molecule has 1 heterocycles. The predicted octanol–water partition coefficient (Wildman–Crippen LogP) is 2.16. The fourth-order valence-corrected chi connectivity index (χ4v) is 2.23. The normalized spacial score (nSPS) is 10.3. The maximum Gasteiger partial charge on any atom is 0.321 e. The molecule has 0 fully saturated rings. The highest BCUT2D eigenvalue weighted by Crippen LogP contribution is 2.30. The Morgan fingerprint density at radius 2 is 2.05 bits per heavy atom. The lowest BCUT2D eigenvalue weighted by Crippen LogP contribution is -2.41. The number of rotatable bonds is 4. The first-order chi connectivity index (χ1) is 10.5. The van der Waals surface area contributed by atoms with Gasteiger partial charge in [0.05, 0.1) is 15.9 Å². The maximum atomic E-state index is 11.6. The Morgan fingerprint density at radius 3 is 2.77 bits per heavy atom. The molecule has 1 aromatic carbocycles. The van der Waals surface area contributed by atoms with Gasteiger partial charge in [0.25, 0.3) is 5.91 Å². The van der Waals surface area contributed by atoms with Crippen molar-refractivity contribution in [2.24, 2.45) is 0 Å². The van der Waals surface area contributed by atoms with Crippen LogP contribution >= 0.6 is 23.2 Å². The molecule has 0 unspecified atom stereocenters. The molecular weight excluding hydrogens is 331 g/mol. The van der Waals surface area contributed by atoms with Crippen molar-refractivity contribution in [3.8, 4) is 5.88 Å². The number of halogens is 2. The van der Waals surface area contributed by atoms with Crippen LogP contribution in [0.3, 0.4) is 0 Å². The summed E-state index contributed by atoms with van der Waals surface area (Å²) in [6.45, 7) is 1.77. The molecule has 7 nitrogen and oxygen atoms in total. The molecule has 116 valence electrons. The van der Waals surface area contributed by atoms with Gasteiger partial charge in [0.1, 0.15) is 6.33 Å². The smallest absolute Gasteiger partial charge is 0.321 e. The zero-order valence-corrected chi connectivity index (χ0v) is 13.0. The zero-order valence-electron chi connectivity index (χ0n) is 11.5. The molecule has 0 bridgehead atoms. The second-order valence-corrected chi connectivity index (χ2v) is 5.00. The fourth-order valence-electron chi connectivity index (χ4n) is 1.69. The van der Waals surface area contributed by atoms with Gasteiger partial charge in [0.15, 0.2) is 6.61 Å². The summed E-state index contributed by atoms with van der Waals surface area (Å²) in [6.07, 6.45) is 1.26. The van der Waals surface area contributed by atoms with Crippen molar-refractivity contribution in [1.29, 1.82) is 0 Å². The number of hydrogen-bond donors (Lipinski definition) is 2. The lowest BCUT2D eigenvalue weighted by molar-refractivity contribution is -0.122. The van der Waals surface area contributed by atoms with Gasteiger partial charge in [-0.25, -0.2) is 14.8 Å². The van der Waals surface area contributed by atoms with E-state index in [2.05, 4.69) is 20.6 Å². The minimum Gasteiger partial charge on any atom is -0.467 e. The molecule has 0 aliphatic rings. The number of hydrogen-bond acceptors (Lipinski definition) is 5. The number of urea groups is 1. The first-order valence-electron chi connectivity index (χ1n) is 6.31. The van der Waals surface area contributed by atoms with Gasteiger partial charge in [-0.1, -0.05) is 23.2 Å². The molecule has 0 saturated heterocycles. The molecule has 9 heteroatoms. The molecule has 1 aromatic heterocycles. The number of carbonyl (C=O) groups is 2. The Hall–Kier alpha value is -2.12. The van der Waals surface area contributed by atoms with Crippen molar-refractivity contribution in [3.63, 3.8) is 0 Å². The van der Waals surface area contributed by atoms with E-state index in [0.717, 1.165) is 0 Å². The lowest BCUT2D eigenvalue weighted by atomic mass is 10.2. The van der Waals surface area contributed by atoms with Gasteiger partial charge in [-0.05, 0) is 19.1 Å². The largest absolute Gasteiger partial charge is 0.467 e. The summed E-state index contributed by atoms with van der Waals surface area (Å²) in [5.41, 5.74) is 0.459. The Morgan fingerprint density at radius 1 is 1.27 bits per heavy atom. The van der Waals surface area contributed by atoms with Crippen LogP contribution < -0.4 is 15.4 Å². The minimum atomic E-state index is -0.606. The van der Waals surface area contributed by atoms with Crippen LogP contribution in [0.1, 0.15) is 6.92 Å². The number of nitrogens with one attached hydrogen (secondary N) is 2. The maximum absolute atomic E-state index is 11.6. The number of imide groups is 1. The van der Waals surface area contributed by atoms with Crippen LogP contribution in [0.2, 0.25) is 10.0 Å². The van der Waals surface area contributed by atoms with E-state index < -0.39 is 11.9 Å². The van der Waals surface area contributed by atoms with Crippen LogP contribution in [0.4, 0.5) is 4.79 Å². The molecule has 2 aromatic rings. The Labute approximate surface area is 136 Å². The van der Waals surface area contributed by atoms with Gasteiger partial charge in [0.2, 0.25) is 5.88 Å². The Bertz CT molecular complexity index is 724. The standard InChI is InChI=1S/C13H12Cl2N4O3/c1-2-16-13(21)19-10(20)5-22-12-8-3-7(14)4-9(15)11(8)17-6-18-12/h3-4,6H,2,5H2,1H3,(H2,16,19,20,21). The highest BCUT2D eigenvalue weighted by molar-refractivity contribution is 6.38. The number of amides is 3. The quantitative estimate of drug-likeness (QED) is 0.887. The molecule has 3 amide bonds. The van der Waals surface area contributed by atoms with Gasteiger partial charge in [-0.2, -0.15) is 0 Å². The van der Waals surface area contributed by atoms with E-state index in [9.17, 15) is 9.59 Å². The summed E-state index contributed by atoms with van der Waals surface area (Å²) in [4.78, 5) is 30.8. The van der Waals surface area contributed by atoms with Gasteiger partial charge < -0.3 is 10.1 Å². The van der Waals surface area contributed by atoms with Gasteiger partial charge in [0, 0.05) is 11.6 Å². The van der Waals surface area contributed by atoms with Crippen LogP contribution in [0, 0.1) is 0 Å². The number of benzene rings is 1. The highest BCUT2D eigenvalue weighted by Gasteiger charge is 2.12. The van der Waals surface area contributed by atoms with E-state index in [1.807, 2.05) is 0 Å². The molecule has 0 aliphatic heterocycles. The highest BCUT2D eigenvalue weighted by atomic mass is 35.5. The average molecular weight is 343 g/mol. The van der Waals surface area contributed by atoms with Crippen molar-refractivity contribution < 1.29 is 14.3 Å². The molecule has 0 saturated carbocycles. The molecule has 0 atom stereocenters. The summed E-state index contributed by atoms with van der Waals surface area (Å²) in [5, 5.41) is 5.76. The fraction of sp³-hybridized carbons (Fsp3) is 0.231. The van der Waals surface area contributed by atoms with Gasteiger partial charge in [-0.3, -0.25) is 10.1 Å². The van der Waals surface area contributed by atoms with Crippen molar-refractivity contribution in [3.05, 3.63) is 28.5 Å². The first kappa shape index (κ1) is 16.3. The number of fused-ring (bicyclic) bond motifs is 1. The van der Waals surface area contributed by atoms with Crippen molar-refractivity contribution in [2.45, 2.75) is 6.92 Å². The summed E-state index contributed by atoms with van der Waals surface area (Å²) in [6, 6.07) is 2.54. The van der Waals surface area contributed by atoms with Crippen LogP contribution in [0.15, 0.2) is 18.5 Å². The Balaban J connectivity index is 2.12. The van der Waals surface area contributed by atoms with E-state index in [1.54, 1.807) is 19.1 Å². The third-order valence-corrected chi connectivity index (χ3v) is 3.06. The Kier molecular flexibility index (Phi) is 5.35. The van der Waals surface area contributed by atoms with Crippen LogP contribution in [-0.2, 0) is 4.79 Å². The van der Waals surface area contributed by atoms with Gasteiger partial charge in [-0.15, -0.1) is 0 Å². The summed E-state index contributed by atoms with van der Waals surface area (Å²) < 4.78 is 5.31. The molecule has 0 radical (unpaired) electrons. The summed E-state index contributed by atoms with van der Waals surface area (Å²) in [7, 11) is 0. The van der Waals surface area contributed by atoms with Crippen LogP contribution in [0.5, 0.6) is 5.88 Å². The summed E-state index contributed by atoms with van der Waals surface area (Å²) in [5.74, 6) is -0.453. The zero-order chi connectivity index (χ0) is 16.1. The molecule has 2 rings (SSSR count). The average Bonchev–Trinajstić information content (AvgIpc) is 2.45. The SMILES string of the molecule is CCNC(=O)NC(=O)COc1ncnc2c(Cl)cc(Cl)cc12.